The van der Waals surface area contributed by atoms with Crippen molar-refractivity contribution in [1.82, 2.24) is 9.97 Å². The summed E-state index contributed by atoms with van der Waals surface area (Å²) in [5.41, 5.74) is 2.90. The molecule has 0 bridgehead atoms. The van der Waals surface area contributed by atoms with Crippen LogP contribution in [0.1, 0.15) is 10.7 Å². The van der Waals surface area contributed by atoms with E-state index in [-0.39, 0.29) is 0 Å². The fourth-order valence-corrected chi connectivity index (χ4v) is 2.99. The van der Waals surface area contributed by atoms with Crippen molar-refractivity contribution < 1.29 is 9.47 Å². The SMILES string of the molecule is COc1ccc(-c2csc(Cc3ccccn3)n2)c(OC)c1. The van der Waals surface area contributed by atoms with Gasteiger partial charge in [0.1, 0.15) is 11.5 Å². The van der Waals surface area contributed by atoms with E-state index in [9.17, 15) is 0 Å². The number of aromatic nitrogens is 2. The molecule has 0 spiro atoms. The third-order valence-corrected chi connectivity index (χ3v) is 4.14. The average molecular weight is 312 g/mol. The Morgan fingerprint density at radius 1 is 1.09 bits per heavy atom. The lowest BCUT2D eigenvalue weighted by Crippen LogP contribution is -1.92. The Morgan fingerprint density at radius 3 is 2.73 bits per heavy atom. The van der Waals surface area contributed by atoms with Crippen LogP contribution in [0.2, 0.25) is 0 Å². The summed E-state index contributed by atoms with van der Waals surface area (Å²) in [6.07, 6.45) is 2.54. The minimum Gasteiger partial charge on any atom is -0.497 e. The average Bonchev–Trinajstić information content (AvgIpc) is 3.03. The zero-order chi connectivity index (χ0) is 15.4. The van der Waals surface area contributed by atoms with Crippen molar-refractivity contribution >= 4 is 11.3 Å². The predicted molar refractivity (Wildman–Crippen MR) is 87.7 cm³/mol. The fraction of sp³-hybridized carbons (Fsp3) is 0.176. The van der Waals surface area contributed by atoms with Gasteiger partial charge in [0.2, 0.25) is 0 Å². The molecule has 0 fully saturated rings. The Balaban J connectivity index is 1.87. The van der Waals surface area contributed by atoms with E-state index in [0.29, 0.717) is 0 Å². The van der Waals surface area contributed by atoms with Crippen LogP contribution < -0.4 is 9.47 Å². The van der Waals surface area contributed by atoms with Crippen molar-refractivity contribution in [2.24, 2.45) is 0 Å². The van der Waals surface area contributed by atoms with Crippen LogP contribution in [0.25, 0.3) is 11.3 Å². The highest BCUT2D eigenvalue weighted by molar-refractivity contribution is 7.10. The molecule has 0 amide bonds. The first-order valence-corrected chi connectivity index (χ1v) is 7.75. The Labute approximate surface area is 133 Å². The number of methoxy groups -OCH3 is 2. The summed E-state index contributed by atoms with van der Waals surface area (Å²) in [6.45, 7) is 0. The topological polar surface area (TPSA) is 44.2 Å². The maximum atomic E-state index is 5.44. The molecule has 0 atom stereocenters. The van der Waals surface area contributed by atoms with Crippen LogP contribution in [0.4, 0.5) is 0 Å². The van der Waals surface area contributed by atoms with E-state index in [2.05, 4.69) is 4.98 Å². The summed E-state index contributed by atoms with van der Waals surface area (Å²) in [5, 5.41) is 3.08. The lowest BCUT2D eigenvalue weighted by molar-refractivity contribution is 0.395. The molecule has 1 aromatic carbocycles. The summed E-state index contributed by atoms with van der Waals surface area (Å²) >= 11 is 1.63. The second-order valence-electron chi connectivity index (χ2n) is 4.69. The van der Waals surface area contributed by atoms with Gasteiger partial charge in [-0.2, -0.15) is 0 Å². The van der Waals surface area contributed by atoms with Gasteiger partial charge in [-0.05, 0) is 24.3 Å². The lowest BCUT2D eigenvalue weighted by atomic mass is 10.1. The molecule has 0 unspecified atom stereocenters. The molecular formula is C17H16N2O2S. The second kappa shape index (κ2) is 6.58. The van der Waals surface area contributed by atoms with Gasteiger partial charge >= 0.3 is 0 Å². The number of ether oxygens (including phenoxy) is 2. The fourth-order valence-electron chi connectivity index (χ4n) is 2.18. The van der Waals surface area contributed by atoms with Crippen LogP contribution in [0.15, 0.2) is 48.0 Å². The Bertz CT molecular complexity index is 756. The number of rotatable bonds is 5. The molecular weight excluding hydrogens is 296 g/mol. The highest BCUT2D eigenvalue weighted by atomic mass is 32.1. The van der Waals surface area contributed by atoms with Gasteiger partial charge in [-0.15, -0.1) is 11.3 Å². The van der Waals surface area contributed by atoms with Crippen molar-refractivity contribution in [2.45, 2.75) is 6.42 Å². The molecule has 4 nitrogen and oxygen atoms in total. The zero-order valence-corrected chi connectivity index (χ0v) is 13.3. The first-order valence-electron chi connectivity index (χ1n) is 6.87. The Hall–Kier alpha value is -2.40. The molecule has 2 aromatic heterocycles. The van der Waals surface area contributed by atoms with E-state index >= 15 is 0 Å². The molecule has 0 aliphatic rings. The summed E-state index contributed by atoms with van der Waals surface area (Å²) in [5.74, 6) is 1.53. The lowest BCUT2D eigenvalue weighted by Gasteiger charge is -2.08. The highest BCUT2D eigenvalue weighted by Crippen LogP contribution is 2.34. The van der Waals surface area contributed by atoms with Gasteiger partial charge in [0.25, 0.3) is 0 Å². The quantitative estimate of drug-likeness (QED) is 0.718. The monoisotopic (exact) mass is 312 g/mol. The number of benzene rings is 1. The zero-order valence-electron chi connectivity index (χ0n) is 12.4. The van der Waals surface area contributed by atoms with E-state index in [1.165, 1.54) is 0 Å². The number of hydrogen-bond donors (Lipinski definition) is 0. The van der Waals surface area contributed by atoms with E-state index < -0.39 is 0 Å². The van der Waals surface area contributed by atoms with Crippen LogP contribution in [0.5, 0.6) is 11.5 Å². The molecule has 0 radical (unpaired) electrons. The number of hydrogen-bond acceptors (Lipinski definition) is 5. The molecule has 112 valence electrons. The van der Waals surface area contributed by atoms with Crippen LogP contribution >= 0.6 is 11.3 Å². The maximum Gasteiger partial charge on any atom is 0.131 e. The molecule has 3 aromatic rings. The molecule has 0 N–H and O–H groups in total. The van der Waals surface area contributed by atoms with E-state index in [1.54, 1.807) is 31.8 Å². The summed E-state index contributed by atoms with van der Waals surface area (Å²) in [6, 6.07) is 11.7. The first kappa shape index (κ1) is 14.5. The number of thiazole rings is 1. The van der Waals surface area contributed by atoms with Crippen molar-refractivity contribution in [3.63, 3.8) is 0 Å². The maximum absolute atomic E-state index is 5.44. The predicted octanol–water partition coefficient (Wildman–Crippen LogP) is 3.81. The number of nitrogens with zero attached hydrogens (tertiary/aromatic N) is 2. The standard InChI is InChI=1S/C17H16N2O2S/c1-20-13-6-7-14(16(10-13)21-2)15-11-22-17(19-15)9-12-5-3-4-8-18-12/h3-8,10-11H,9H2,1-2H3. The Kier molecular flexibility index (Phi) is 4.34. The molecule has 5 heteroatoms. The summed E-state index contributed by atoms with van der Waals surface area (Å²) < 4.78 is 10.7. The van der Waals surface area contributed by atoms with E-state index in [0.717, 1.165) is 39.9 Å². The third-order valence-electron chi connectivity index (χ3n) is 3.29. The normalized spacial score (nSPS) is 10.5. The molecule has 3 rings (SSSR count). The van der Waals surface area contributed by atoms with Crippen LogP contribution in [-0.2, 0) is 6.42 Å². The minimum absolute atomic E-state index is 0.740. The van der Waals surface area contributed by atoms with Gasteiger partial charge in [0, 0.05) is 35.3 Å². The number of pyridine rings is 1. The largest absolute Gasteiger partial charge is 0.497 e. The van der Waals surface area contributed by atoms with Crippen LogP contribution in [-0.4, -0.2) is 24.2 Å². The van der Waals surface area contributed by atoms with Crippen LogP contribution in [0, 0.1) is 0 Å². The minimum atomic E-state index is 0.740. The molecule has 0 aliphatic heterocycles. The second-order valence-corrected chi connectivity index (χ2v) is 5.63. The summed E-state index contributed by atoms with van der Waals surface area (Å²) in [4.78, 5) is 9.04. The van der Waals surface area contributed by atoms with Gasteiger partial charge in [-0.3, -0.25) is 4.98 Å². The van der Waals surface area contributed by atoms with Gasteiger partial charge < -0.3 is 9.47 Å². The van der Waals surface area contributed by atoms with Gasteiger partial charge in [-0.25, -0.2) is 4.98 Å². The Morgan fingerprint density at radius 2 is 2.00 bits per heavy atom. The van der Waals surface area contributed by atoms with Gasteiger partial charge in [0.05, 0.1) is 24.9 Å². The van der Waals surface area contributed by atoms with E-state index in [1.807, 2.05) is 41.8 Å². The third kappa shape index (κ3) is 3.09. The molecule has 2 heterocycles. The van der Waals surface area contributed by atoms with Crippen molar-refractivity contribution in [3.05, 3.63) is 58.7 Å². The van der Waals surface area contributed by atoms with Crippen molar-refractivity contribution in [1.29, 1.82) is 0 Å². The summed E-state index contributed by atoms with van der Waals surface area (Å²) in [7, 11) is 3.29. The van der Waals surface area contributed by atoms with Crippen LogP contribution in [0.3, 0.4) is 0 Å². The van der Waals surface area contributed by atoms with Crippen molar-refractivity contribution in [3.8, 4) is 22.8 Å². The molecule has 22 heavy (non-hydrogen) atoms. The van der Waals surface area contributed by atoms with Gasteiger partial charge in [-0.1, -0.05) is 6.07 Å². The smallest absolute Gasteiger partial charge is 0.131 e. The first-order chi connectivity index (χ1) is 10.8. The highest BCUT2D eigenvalue weighted by Gasteiger charge is 2.11. The van der Waals surface area contributed by atoms with E-state index in [4.69, 9.17) is 14.5 Å². The van der Waals surface area contributed by atoms with Crippen molar-refractivity contribution in [2.75, 3.05) is 14.2 Å². The molecule has 0 aliphatic carbocycles. The molecule has 0 saturated heterocycles. The van der Waals surface area contributed by atoms with Gasteiger partial charge in [0.15, 0.2) is 0 Å². The molecule has 0 saturated carbocycles.